The lowest BCUT2D eigenvalue weighted by atomic mass is 10.0. The maximum atomic E-state index is 12.5. The first-order chi connectivity index (χ1) is 15.1. The molecule has 6 heteroatoms. The number of carbonyl (C=O) groups excluding carboxylic acids is 3. The molecule has 0 unspecified atom stereocenters. The summed E-state index contributed by atoms with van der Waals surface area (Å²) in [6.45, 7) is 0.912. The number of rotatable bonds is 7. The van der Waals surface area contributed by atoms with Crippen LogP contribution in [-0.2, 0) is 16.0 Å². The highest BCUT2D eigenvalue weighted by Crippen LogP contribution is 2.26. The average molecular weight is 420 g/mol. The number of amides is 2. The van der Waals surface area contributed by atoms with E-state index < -0.39 is 0 Å². The summed E-state index contributed by atoms with van der Waals surface area (Å²) >= 11 is 0. The highest BCUT2D eigenvalue weighted by Gasteiger charge is 2.23. The van der Waals surface area contributed by atoms with Crippen LogP contribution < -0.4 is 16.0 Å². The number of anilines is 2. The first-order valence-electron chi connectivity index (χ1n) is 11.2. The fourth-order valence-electron chi connectivity index (χ4n) is 4.33. The third kappa shape index (κ3) is 5.58. The van der Waals surface area contributed by atoms with Crippen molar-refractivity contribution < 1.29 is 14.4 Å². The zero-order chi connectivity index (χ0) is 21.6. The molecule has 1 atom stereocenters. The van der Waals surface area contributed by atoms with E-state index in [0.29, 0.717) is 23.4 Å². The van der Waals surface area contributed by atoms with Crippen molar-refractivity contribution >= 4 is 29.0 Å². The molecular formula is C25H29N3O3. The Labute approximate surface area is 182 Å². The monoisotopic (exact) mass is 419 g/mol. The number of hydrogen-bond donors (Lipinski definition) is 3. The van der Waals surface area contributed by atoms with Gasteiger partial charge in [0, 0.05) is 29.3 Å². The van der Waals surface area contributed by atoms with Crippen LogP contribution in [0.4, 0.5) is 11.4 Å². The average Bonchev–Trinajstić information content (AvgIpc) is 3.50. The zero-order valence-corrected chi connectivity index (χ0v) is 17.7. The van der Waals surface area contributed by atoms with Crippen molar-refractivity contribution in [2.45, 2.75) is 51.0 Å². The Morgan fingerprint density at radius 1 is 0.806 bits per heavy atom. The summed E-state index contributed by atoms with van der Waals surface area (Å²) in [6.07, 6.45) is 6.51. The summed E-state index contributed by atoms with van der Waals surface area (Å²) in [4.78, 5) is 37.0. The third-order valence-electron chi connectivity index (χ3n) is 6.18. The second-order valence-electron chi connectivity index (χ2n) is 8.49. The first-order valence-corrected chi connectivity index (χ1v) is 11.2. The van der Waals surface area contributed by atoms with E-state index in [0.717, 1.165) is 50.6 Å². The van der Waals surface area contributed by atoms with Crippen LogP contribution in [0.25, 0.3) is 0 Å². The number of nitrogens with one attached hydrogen (secondary N) is 3. The number of ketones is 1. The maximum absolute atomic E-state index is 12.5. The minimum Gasteiger partial charge on any atom is -0.326 e. The molecule has 2 aliphatic rings. The summed E-state index contributed by atoms with van der Waals surface area (Å²) in [5, 5.41) is 9.05. The fraction of sp³-hybridized carbons (Fsp3) is 0.400. The molecule has 4 rings (SSSR count). The van der Waals surface area contributed by atoms with Crippen LogP contribution in [0.3, 0.4) is 0 Å². The topological polar surface area (TPSA) is 87.3 Å². The molecule has 1 saturated heterocycles. The largest absolute Gasteiger partial charge is 0.326 e. The first kappa shape index (κ1) is 21.2. The van der Waals surface area contributed by atoms with Crippen LogP contribution in [0.2, 0.25) is 0 Å². The predicted octanol–water partition coefficient (Wildman–Crippen LogP) is 3.93. The third-order valence-corrected chi connectivity index (χ3v) is 6.18. The molecule has 6 nitrogen and oxygen atoms in total. The van der Waals surface area contributed by atoms with Gasteiger partial charge in [0.1, 0.15) is 0 Å². The van der Waals surface area contributed by atoms with Crippen molar-refractivity contribution in [1.29, 1.82) is 0 Å². The molecule has 2 aromatic carbocycles. The van der Waals surface area contributed by atoms with Gasteiger partial charge in [-0.1, -0.05) is 25.0 Å². The summed E-state index contributed by atoms with van der Waals surface area (Å²) < 4.78 is 0. The summed E-state index contributed by atoms with van der Waals surface area (Å²) in [7, 11) is 0. The van der Waals surface area contributed by atoms with Gasteiger partial charge in [0.15, 0.2) is 5.78 Å². The Kier molecular flexibility index (Phi) is 6.77. The molecule has 0 bridgehead atoms. The van der Waals surface area contributed by atoms with E-state index in [1.54, 1.807) is 24.3 Å². The van der Waals surface area contributed by atoms with Crippen LogP contribution in [-0.4, -0.2) is 30.2 Å². The second kappa shape index (κ2) is 9.88. The maximum Gasteiger partial charge on any atom is 0.255 e. The Hall–Kier alpha value is -2.99. The van der Waals surface area contributed by atoms with Gasteiger partial charge in [-0.25, -0.2) is 0 Å². The lowest BCUT2D eigenvalue weighted by Crippen LogP contribution is -2.31. The van der Waals surface area contributed by atoms with Gasteiger partial charge in [0.2, 0.25) is 5.91 Å². The molecule has 31 heavy (non-hydrogen) atoms. The molecule has 1 saturated carbocycles. The number of hydrogen-bond acceptors (Lipinski definition) is 4. The Balaban J connectivity index is 1.29. The van der Waals surface area contributed by atoms with Crippen molar-refractivity contribution in [2.24, 2.45) is 5.92 Å². The molecule has 3 N–H and O–H groups in total. The van der Waals surface area contributed by atoms with Gasteiger partial charge in [0.05, 0.1) is 6.04 Å². The molecule has 2 fully saturated rings. The van der Waals surface area contributed by atoms with Gasteiger partial charge in [-0.15, -0.1) is 0 Å². The SMILES string of the molecule is O=C(Nc1ccc(CC(=O)[C@@H]2CCCN2)cc1)c1ccc(NC(=O)C2CCCC2)cc1. The standard InChI is InChI=1S/C25H29N3O3/c29-23(22-6-3-15-26-22)16-17-7-11-20(12-8-17)27-25(31)19-9-13-21(14-10-19)28-24(30)18-4-1-2-5-18/h7-14,18,22,26H,1-6,15-16H2,(H,27,31)(H,28,30)/t22-/m0/s1. The van der Waals surface area contributed by atoms with E-state index in [1.807, 2.05) is 24.3 Å². The number of Topliss-reactive ketones (excluding diaryl/α,β-unsaturated/α-hetero) is 1. The van der Waals surface area contributed by atoms with Crippen molar-refractivity contribution in [2.75, 3.05) is 17.2 Å². The van der Waals surface area contributed by atoms with Gasteiger partial charge < -0.3 is 16.0 Å². The van der Waals surface area contributed by atoms with Crippen molar-refractivity contribution in [3.05, 3.63) is 59.7 Å². The lowest BCUT2D eigenvalue weighted by molar-refractivity contribution is -0.120. The van der Waals surface area contributed by atoms with Gasteiger partial charge >= 0.3 is 0 Å². The smallest absolute Gasteiger partial charge is 0.255 e. The minimum atomic E-state index is -0.215. The van der Waals surface area contributed by atoms with E-state index in [-0.39, 0.29) is 29.6 Å². The van der Waals surface area contributed by atoms with Gasteiger partial charge in [-0.2, -0.15) is 0 Å². The molecule has 1 aliphatic carbocycles. The van der Waals surface area contributed by atoms with Crippen molar-refractivity contribution in [3.8, 4) is 0 Å². The van der Waals surface area contributed by atoms with E-state index in [2.05, 4.69) is 16.0 Å². The molecule has 2 aromatic rings. The molecule has 0 spiro atoms. The van der Waals surface area contributed by atoms with Crippen molar-refractivity contribution in [3.63, 3.8) is 0 Å². The minimum absolute atomic E-state index is 0.0229. The Morgan fingerprint density at radius 2 is 1.45 bits per heavy atom. The molecular weight excluding hydrogens is 390 g/mol. The molecule has 2 amide bonds. The fourth-order valence-corrected chi connectivity index (χ4v) is 4.33. The van der Waals surface area contributed by atoms with Crippen LogP contribution in [0, 0.1) is 5.92 Å². The second-order valence-corrected chi connectivity index (χ2v) is 8.49. The molecule has 0 radical (unpaired) electrons. The number of benzene rings is 2. The summed E-state index contributed by atoms with van der Waals surface area (Å²) in [5.74, 6) is 0.176. The highest BCUT2D eigenvalue weighted by atomic mass is 16.2. The van der Waals surface area contributed by atoms with Gasteiger partial charge in [-0.05, 0) is 74.2 Å². The summed E-state index contributed by atoms with van der Waals surface area (Å²) in [6, 6.07) is 14.3. The predicted molar refractivity (Wildman–Crippen MR) is 121 cm³/mol. The molecule has 1 aliphatic heterocycles. The van der Waals surface area contributed by atoms with Crippen LogP contribution >= 0.6 is 0 Å². The highest BCUT2D eigenvalue weighted by molar-refractivity contribution is 6.04. The van der Waals surface area contributed by atoms with E-state index in [9.17, 15) is 14.4 Å². The van der Waals surface area contributed by atoms with E-state index in [1.165, 1.54) is 0 Å². The zero-order valence-electron chi connectivity index (χ0n) is 17.7. The normalized spacial score (nSPS) is 18.6. The van der Waals surface area contributed by atoms with Crippen LogP contribution in [0.15, 0.2) is 48.5 Å². The molecule has 162 valence electrons. The van der Waals surface area contributed by atoms with Gasteiger partial charge in [0.25, 0.3) is 5.91 Å². The molecule has 0 aromatic heterocycles. The van der Waals surface area contributed by atoms with Gasteiger partial charge in [-0.3, -0.25) is 14.4 Å². The molecule has 1 heterocycles. The van der Waals surface area contributed by atoms with Crippen molar-refractivity contribution in [1.82, 2.24) is 5.32 Å². The van der Waals surface area contributed by atoms with Crippen LogP contribution in [0.1, 0.15) is 54.4 Å². The summed E-state index contributed by atoms with van der Waals surface area (Å²) in [5.41, 5.74) is 2.85. The Bertz CT molecular complexity index is 925. The quantitative estimate of drug-likeness (QED) is 0.635. The number of carbonyl (C=O) groups is 3. The lowest BCUT2D eigenvalue weighted by Gasteiger charge is -2.11. The van der Waals surface area contributed by atoms with Crippen LogP contribution in [0.5, 0.6) is 0 Å². The van der Waals surface area contributed by atoms with E-state index in [4.69, 9.17) is 0 Å². The Morgan fingerprint density at radius 3 is 2.10 bits per heavy atom. The van der Waals surface area contributed by atoms with E-state index >= 15 is 0 Å².